The number of fused-ring (bicyclic) bond motifs is 1. The zero-order valence-electron chi connectivity index (χ0n) is 18.9. The van der Waals surface area contributed by atoms with Crippen molar-refractivity contribution in [3.63, 3.8) is 0 Å². The van der Waals surface area contributed by atoms with E-state index in [0.717, 1.165) is 11.1 Å². The first-order valence-electron chi connectivity index (χ1n) is 11.2. The summed E-state index contributed by atoms with van der Waals surface area (Å²) in [6.07, 6.45) is -0.206. The molecule has 1 aliphatic rings. The Kier molecular flexibility index (Phi) is 6.16. The van der Waals surface area contributed by atoms with Gasteiger partial charge in [-0.15, -0.1) is 0 Å². The SMILES string of the molecule is O=C(O)CCN1C(=O)COc2ccc(-c3cc(-c4ccc(F)cc4)cc(-c4ccc(F)cc4)n3)cc21. The van der Waals surface area contributed by atoms with Crippen LogP contribution in [0.15, 0.2) is 78.9 Å². The van der Waals surface area contributed by atoms with E-state index in [4.69, 9.17) is 14.8 Å². The number of nitrogens with zero attached hydrogens (tertiary/aromatic N) is 2. The Labute approximate surface area is 205 Å². The Morgan fingerprint density at radius 1 is 0.833 bits per heavy atom. The molecule has 5 rings (SSSR count). The highest BCUT2D eigenvalue weighted by Gasteiger charge is 2.26. The van der Waals surface area contributed by atoms with Crippen LogP contribution in [0.2, 0.25) is 0 Å². The maximum atomic E-state index is 13.5. The van der Waals surface area contributed by atoms with Crippen molar-refractivity contribution >= 4 is 17.6 Å². The van der Waals surface area contributed by atoms with Gasteiger partial charge in [-0.3, -0.25) is 9.59 Å². The Morgan fingerprint density at radius 3 is 2.06 bits per heavy atom. The first-order valence-corrected chi connectivity index (χ1v) is 11.2. The van der Waals surface area contributed by atoms with E-state index in [1.54, 1.807) is 42.5 Å². The third kappa shape index (κ3) is 4.79. The first kappa shape index (κ1) is 23.2. The number of halogens is 2. The second-order valence-electron chi connectivity index (χ2n) is 8.30. The number of carbonyl (C=O) groups is 2. The highest BCUT2D eigenvalue weighted by molar-refractivity contribution is 5.99. The number of aromatic nitrogens is 1. The zero-order chi connectivity index (χ0) is 25.2. The molecule has 0 unspecified atom stereocenters. The van der Waals surface area contributed by atoms with Crippen LogP contribution >= 0.6 is 0 Å². The number of aliphatic carboxylic acids is 1. The molecule has 0 fully saturated rings. The highest BCUT2D eigenvalue weighted by atomic mass is 19.1. The molecule has 1 aliphatic heterocycles. The fourth-order valence-corrected chi connectivity index (χ4v) is 4.07. The van der Waals surface area contributed by atoms with Crippen LogP contribution in [-0.4, -0.2) is 35.1 Å². The molecule has 8 heteroatoms. The second kappa shape index (κ2) is 9.58. The Hall–Kier alpha value is -4.59. The smallest absolute Gasteiger partial charge is 0.305 e. The van der Waals surface area contributed by atoms with Crippen molar-refractivity contribution in [2.75, 3.05) is 18.1 Å². The van der Waals surface area contributed by atoms with E-state index in [2.05, 4.69) is 0 Å². The van der Waals surface area contributed by atoms with Crippen molar-refractivity contribution in [2.24, 2.45) is 0 Å². The van der Waals surface area contributed by atoms with Crippen LogP contribution in [0.1, 0.15) is 6.42 Å². The van der Waals surface area contributed by atoms with E-state index in [1.807, 2.05) is 12.1 Å². The van der Waals surface area contributed by atoms with Gasteiger partial charge in [-0.05, 0) is 77.9 Å². The third-order valence-corrected chi connectivity index (χ3v) is 5.89. The van der Waals surface area contributed by atoms with Crippen molar-refractivity contribution in [1.29, 1.82) is 0 Å². The van der Waals surface area contributed by atoms with Gasteiger partial charge in [0.05, 0.1) is 23.5 Å². The molecular formula is C28H20F2N2O4. The number of ether oxygens (including phenoxy) is 1. The van der Waals surface area contributed by atoms with Gasteiger partial charge in [-0.1, -0.05) is 12.1 Å². The van der Waals surface area contributed by atoms with Crippen LogP contribution in [0.5, 0.6) is 5.75 Å². The maximum absolute atomic E-state index is 13.5. The number of benzene rings is 3. The molecule has 36 heavy (non-hydrogen) atoms. The van der Waals surface area contributed by atoms with E-state index in [0.29, 0.717) is 34.0 Å². The number of anilines is 1. The van der Waals surface area contributed by atoms with Crippen LogP contribution in [0.4, 0.5) is 14.5 Å². The first-order chi connectivity index (χ1) is 17.4. The van der Waals surface area contributed by atoms with E-state index >= 15 is 0 Å². The predicted octanol–water partition coefficient (Wildman–Crippen LogP) is 5.56. The summed E-state index contributed by atoms with van der Waals surface area (Å²) in [6, 6.07) is 21.0. The molecule has 0 atom stereocenters. The number of hydrogen-bond donors (Lipinski definition) is 1. The molecule has 0 bridgehead atoms. The zero-order valence-corrected chi connectivity index (χ0v) is 18.9. The monoisotopic (exact) mass is 486 g/mol. The number of pyridine rings is 1. The summed E-state index contributed by atoms with van der Waals surface area (Å²) in [5.41, 5.74) is 4.51. The summed E-state index contributed by atoms with van der Waals surface area (Å²) in [5, 5.41) is 9.10. The van der Waals surface area contributed by atoms with Crippen molar-refractivity contribution < 1.29 is 28.2 Å². The van der Waals surface area contributed by atoms with Gasteiger partial charge in [0.2, 0.25) is 0 Å². The van der Waals surface area contributed by atoms with Gasteiger partial charge in [-0.25, -0.2) is 13.8 Å². The lowest BCUT2D eigenvalue weighted by Crippen LogP contribution is -2.40. The average molecular weight is 486 g/mol. The normalized spacial score (nSPS) is 12.7. The Bertz CT molecular complexity index is 1390. The quantitative estimate of drug-likeness (QED) is 0.386. The summed E-state index contributed by atoms with van der Waals surface area (Å²) < 4.78 is 32.6. The molecule has 1 aromatic heterocycles. The van der Waals surface area contributed by atoms with Crippen molar-refractivity contribution in [1.82, 2.24) is 4.98 Å². The minimum atomic E-state index is -1.01. The number of carboxylic acids is 1. The molecule has 1 amide bonds. The summed E-state index contributed by atoms with van der Waals surface area (Å²) in [4.78, 5) is 29.8. The fourth-order valence-electron chi connectivity index (χ4n) is 4.07. The molecule has 0 spiro atoms. The molecule has 0 saturated heterocycles. The average Bonchev–Trinajstić information content (AvgIpc) is 2.88. The molecule has 0 aliphatic carbocycles. The number of amides is 1. The second-order valence-corrected chi connectivity index (χ2v) is 8.30. The molecule has 3 aromatic carbocycles. The summed E-state index contributed by atoms with van der Waals surface area (Å²) in [6.45, 7) is -0.156. The van der Waals surface area contributed by atoms with Crippen LogP contribution in [-0.2, 0) is 9.59 Å². The van der Waals surface area contributed by atoms with Gasteiger partial charge in [0.15, 0.2) is 6.61 Å². The van der Waals surface area contributed by atoms with Crippen molar-refractivity contribution in [3.8, 4) is 39.4 Å². The summed E-state index contributed by atoms with van der Waals surface area (Å²) in [7, 11) is 0. The third-order valence-electron chi connectivity index (χ3n) is 5.89. The number of rotatable bonds is 6. The minimum Gasteiger partial charge on any atom is -0.482 e. The molecule has 2 heterocycles. The number of hydrogen-bond acceptors (Lipinski definition) is 4. The van der Waals surface area contributed by atoms with Gasteiger partial charge >= 0.3 is 5.97 Å². The Morgan fingerprint density at radius 2 is 1.42 bits per heavy atom. The van der Waals surface area contributed by atoms with Crippen molar-refractivity contribution in [2.45, 2.75) is 6.42 Å². The minimum absolute atomic E-state index is 0.0118. The summed E-state index contributed by atoms with van der Waals surface area (Å²) >= 11 is 0. The largest absolute Gasteiger partial charge is 0.482 e. The van der Waals surface area contributed by atoms with E-state index in [9.17, 15) is 18.4 Å². The maximum Gasteiger partial charge on any atom is 0.305 e. The molecule has 0 radical (unpaired) electrons. The molecule has 1 N–H and O–H groups in total. The van der Waals surface area contributed by atoms with Gasteiger partial charge in [-0.2, -0.15) is 0 Å². The summed E-state index contributed by atoms with van der Waals surface area (Å²) in [5.74, 6) is -1.59. The molecule has 0 saturated carbocycles. The lowest BCUT2D eigenvalue weighted by molar-refractivity contribution is -0.136. The number of carbonyl (C=O) groups excluding carboxylic acids is 1. The molecule has 4 aromatic rings. The molecular weight excluding hydrogens is 466 g/mol. The van der Waals surface area contributed by atoms with Crippen molar-refractivity contribution in [3.05, 3.63) is 90.5 Å². The molecule has 180 valence electrons. The Balaban J connectivity index is 1.63. The molecule has 6 nitrogen and oxygen atoms in total. The van der Waals surface area contributed by atoms with E-state index in [-0.39, 0.29) is 37.1 Å². The van der Waals surface area contributed by atoms with Crippen LogP contribution < -0.4 is 9.64 Å². The van der Waals surface area contributed by atoms with Crippen LogP contribution in [0.3, 0.4) is 0 Å². The topological polar surface area (TPSA) is 79.7 Å². The van der Waals surface area contributed by atoms with Crippen LogP contribution in [0.25, 0.3) is 33.6 Å². The standard InChI is InChI=1S/C28H20F2N2O4/c29-21-6-1-17(2-7-21)20-13-23(18-3-8-22(30)9-4-18)31-24(14-20)19-5-10-26-25(15-19)32(12-11-28(34)35)27(33)16-36-26/h1-10,13-15H,11-12,16H2,(H,34,35). The van der Waals surface area contributed by atoms with Gasteiger partial charge in [0.1, 0.15) is 17.4 Å². The lowest BCUT2D eigenvalue weighted by Gasteiger charge is -2.29. The van der Waals surface area contributed by atoms with Crippen LogP contribution in [0, 0.1) is 11.6 Å². The predicted molar refractivity (Wildman–Crippen MR) is 131 cm³/mol. The van der Waals surface area contributed by atoms with Gasteiger partial charge in [0, 0.05) is 17.7 Å². The number of carboxylic acid groups (broad SMARTS) is 1. The van der Waals surface area contributed by atoms with Gasteiger partial charge < -0.3 is 14.7 Å². The van der Waals surface area contributed by atoms with Gasteiger partial charge in [0.25, 0.3) is 5.91 Å². The lowest BCUT2D eigenvalue weighted by atomic mass is 9.99. The fraction of sp³-hybridized carbons (Fsp3) is 0.107. The highest BCUT2D eigenvalue weighted by Crippen LogP contribution is 2.37. The van der Waals surface area contributed by atoms with E-state index < -0.39 is 5.97 Å². The van der Waals surface area contributed by atoms with E-state index in [1.165, 1.54) is 29.2 Å².